The molecule has 0 radical (unpaired) electrons. The molecule has 172 valence electrons. The Balaban J connectivity index is 1.24. The van der Waals surface area contributed by atoms with Gasteiger partial charge in [-0.2, -0.15) is 0 Å². The average molecular weight is 442 g/mol. The standard InChI is InChI=1S/C23H31N5O4/c1-16-13-26(14-17-5-10-31-11-6-17)8-9-27(16)15-18-2-3-20-19(12-18)22(25-32-20)28-7-4-21(29)24-23(28)30/h2-3,12,16-17H,4-11,13-15H2,1H3,(H,24,29,30)/t16-/m1/s1. The van der Waals surface area contributed by atoms with Crippen molar-refractivity contribution in [3.05, 3.63) is 23.8 Å². The normalized spacial score (nSPS) is 24.3. The second-order valence-corrected chi connectivity index (χ2v) is 9.23. The first kappa shape index (κ1) is 21.4. The number of benzene rings is 1. The smallest absolute Gasteiger partial charge is 0.329 e. The van der Waals surface area contributed by atoms with E-state index >= 15 is 0 Å². The minimum atomic E-state index is -0.448. The number of anilines is 1. The fourth-order valence-corrected chi connectivity index (χ4v) is 5.03. The van der Waals surface area contributed by atoms with Gasteiger partial charge in [-0.05, 0) is 43.4 Å². The van der Waals surface area contributed by atoms with Crippen LogP contribution in [0.2, 0.25) is 0 Å². The minimum Gasteiger partial charge on any atom is -0.381 e. The van der Waals surface area contributed by atoms with Gasteiger partial charge in [0.15, 0.2) is 11.4 Å². The van der Waals surface area contributed by atoms with Crippen molar-refractivity contribution in [1.82, 2.24) is 20.3 Å². The van der Waals surface area contributed by atoms with Crippen molar-refractivity contribution in [2.45, 2.75) is 38.8 Å². The molecule has 0 unspecified atom stereocenters. The maximum Gasteiger partial charge on any atom is 0.329 e. The Bertz CT molecular complexity index is 986. The summed E-state index contributed by atoms with van der Waals surface area (Å²) in [5.41, 5.74) is 1.81. The lowest BCUT2D eigenvalue weighted by molar-refractivity contribution is -0.120. The van der Waals surface area contributed by atoms with Gasteiger partial charge in [-0.15, -0.1) is 0 Å². The fourth-order valence-electron chi connectivity index (χ4n) is 5.03. The molecule has 0 aliphatic carbocycles. The Hall–Kier alpha value is -2.49. The molecule has 3 saturated heterocycles. The highest BCUT2D eigenvalue weighted by atomic mass is 16.5. The molecule has 0 saturated carbocycles. The fraction of sp³-hybridized carbons (Fsp3) is 0.609. The van der Waals surface area contributed by atoms with E-state index in [9.17, 15) is 9.59 Å². The molecule has 1 N–H and O–H groups in total. The summed E-state index contributed by atoms with van der Waals surface area (Å²) in [6, 6.07) is 6.07. The molecule has 0 spiro atoms. The van der Waals surface area contributed by atoms with E-state index in [-0.39, 0.29) is 12.3 Å². The van der Waals surface area contributed by atoms with Crippen LogP contribution >= 0.6 is 0 Å². The van der Waals surface area contributed by atoms with Crippen molar-refractivity contribution in [2.75, 3.05) is 50.8 Å². The van der Waals surface area contributed by atoms with Crippen molar-refractivity contribution in [1.29, 1.82) is 0 Å². The topological polar surface area (TPSA) is 91.2 Å². The number of hydrogen-bond donors (Lipinski definition) is 1. The van der Waals surface area contributed by atoms with Gasteiger partial charge in [-0.25, -0.2) is 4.79 Å². The first-order chi connectivity index (χ1) is 15.6. The van der Waals surface area contributed by atoms with Gasteiger partial charge in [0.2, 0.25) is 5.91 Å². The van der Waals surface area contributed by atoms with Gasteiger partial charge in [0.25, 0.3) is 0 Å². The van der Waals surface area contributed by atoms with Crippen molar-refractivity contribution < 1.29 is 18.8 Å². The van der Waals surface area contributed by atoms with Gasteiger partial charge in [0, 0.05) is 64.9 Å². The molecule has 32 heavy (non-hydrogen) atoms. The van der Waals surface area contributed by atoms with Gasteiger partial charge in [0.05, 0.1) is 5.39 Å². The van der Waals surface area contributed by atoms with Gasteiger partial charge in [0.1, 0.15) is 0 Å². The first-order valence-electron chi connectivity index (χ1n) is 11.6. The van der Waals surface area contributed by atoms with Crippen LogP contribution in [0.15, 0.2) is 22.7 Å². The van der Waals surface area contributed by atoms with Crippen LogP contribution in [0.25, 0.3) is 11.0 Å². The van der Waals surface area contributed by atoms with E-state index in [0.717, 1.165) is 50.7 Å². The van der Waals surface area contributed by atoms with Crippen molar-refractivity contribution in [3.8, 4) is 0 Å². The maximum atomic E-state index is 12.3. The highest BCUT2D eigenvalue weighted by Gasteiger charge is 2.29. The molecule has 9 heteroatoms. The zero-order valence-electron chi connectivity index (χ0n) is 18.6. The molecule has 9 nitrogen and oxygen atoms in total. The Kier molecular flexibility index (Phi) is 6.12. The number of aromatic nitrogens is 1. The Morgan fingerprint density at radius 1 is 1.16 bits per heavy atom. The molecular weight excluding hydrogens is 410 g/mol. The van der Waals surface area contributed by atoms with Crippen molar-refractivity contribution in [2.24, 2.45) is 5.92 Å². The summed E-state index contributed by atoms with van der Waals surface area (Å²) in [7, 11) is 0. The number of hydrogen-bond acceptors (Lipinski definition) is 7. The van der Waals surface area contributed by atoms with Crippen LogP contribution in [-0.2, 0) is 16.1 Å². The SMILES string of the molecule is C[C@@H]1CN(CC2CCOCC2)CCN1Cc1ccc2onc(N3CCC(=O)NC3=O)c2c1. The lowest BCUT2D eigenvalue weighted by Gasteiger charge is -2.41. The van der Waals surface area contributed by atoms with Gasteiger partial charge in [-0.3, -0.25) is 19.9 Å². The minimum absolute atomic E-state index is 0.259. The first-order valence-corrected chi connectivity index (χ1v) is 11.6. The number of rotatable bonds is 5. The number of carbonyl (C=O) groups is 2. The number of nitrogens with zero attached hydrogens (tertiary/aromatic N) is 4. The number of piperazine rings is 1. The maximum absolute atomic E-state index is 12.3. The summed E-state index contributed by atoms with van der Waals surface area (Å²) >= 11 is 0. The molecule has 5 rings (SSSR count). The Labute approximate surface area is 187 Å². The molecule has 4 heterocycles. The number of urea groups is 1. The van der Waals surface area contributed by atoms with E-state index < -0.39 is 6.03 Å². The van der Waals surface area contributed by atoms with E-state index in [0.29, 0.717) is 24.0 Å². The molecule has 1 aromatic heterocycles. The summed E-state index contributed by atoms with van der Waals surface area (Å²) in [6.07, 6.45) is 2.62. The van der Waals surface area contributed by atoms with Gasteiger partial charge >= 0.3 is 6.03 Å². The zero-order chi connectivity index (χ0) is 22.1. The Morgan fingerprint density at radius 2 is 2.00 bits per heavy atom. The van der Waals surface area contributed by atoms with Gasteiger partial charge < -0.3 is 14.2 Å². The van der Waals surface area contributed by atoms with Crippen LogP contribution in [0.4, 0.5) is 10.6 Å². The lowest BCUT2D eigenvalue weighted by Crippen LogP contribution is -2.52. The zero-order valence-corrected chi connectivity index (χ0v) is 18.6. The molecule has 0 bridgehead atoms. The second kappa shape index (κ2) is 9.17. The summed E-state index contributed by atoms with van der Waals surface area (Å²) in [4.78, 5) is 30.3. The van der Waals surface area contributed by atoms with E-state index in [2.05, 4.69) is 39.3 Å². The summed E-state index contributed by atoms with van der Waals surface area (Å²) in [5, 5.41) is 7.26. The predicted octanol–water partition coefficient (Wildman–Crippen LogP) is 2.21. The molecule has 1 aromatic carbocycles. The molecule has 1 atom stereocenters. The quantitative estimate of drug-likeness (QED) is 0.761. The summed E-state index contributed by atoms with van der Waals surface area (Å²) in [6.45, 7) is 9.65. The number of imide groups is 1. The highest BCUT2D eigenvalue weighted by molar-refractivity contribution is 6.08. The van der Waals surface area contributed by atoms with Crippen LogP contribution in [-0.4, -0.2) is 78.9 Å². The van der Waals surface area contributed by atoms with E-state index in [1.807, 2.05) is 6.07 Å². The number of amides is 3. The number of nitrogens with one attached hydrogen (secondary N) is 1. The molecule has 3 fully saturated rings. The van der Waals surface area contributed by atoms with Crippen molar-refractivity contribution in [3.63, 3.8) is 0 Å². The number of carbonyl (C=O) groups excluding carboxylic acids is 2. The van der Waals surface area contributed by atoms with Crippen LogP contribution in [0.1, 0.15) is 31.7 Å². The monoisotopic (exact) mass is 441 g/mol. The molecule has 2 aromatic rings. The van der Waals surface area contributed by atoms with Crippen LogP contribution in [0.3, 0.4) is 0 Å². The Morgan fingerprint density at radius 3 is 2.78 bits per heavy atom. The third-order valence-corrected chi connectivity index (χ3v) is 6.92. The molecule has 3 amide bonds. The molecule has 3 aliphatic rings. The third-order valence-electron chi connectivity index (χ3n) is 6.92. The molecular formula is C23H31N5O4. The summed E-state index contributed by atoms with van der Waals surface area (Å²) < 4.78 is 10.9. The van der Waals surface area contributed by atoms with Crippen LogP contribution in [0, 0.1) is 5.92 Å². The predicted molar refractivity (Wildman–Crippen MR) is 119 cm³/mol. The van der Waals surface area contributed by atoms with E-state index in [4.69, 9.17) is 9.26 Å². The highest BCUT2D eigenvalue weighted by Crippen LogP contribution is 2.29. The average Bonchev–Trinajstić information content (AvgIpc) is 3.19. The van der Waals surface area contributed by atoms with Crippen LogP contribution < -0.4 is 10.2 Å². The van der Waals surface area contributed by atoms with E-state index in [1.165, 1.54) is 29.8 Å². The molecule has 3 aliphatic heterocycles. The number of ether oxygens (including phenoxy) is 1. The third kappa shape index (κ3) is 4.51. The second-order valence-electron chi connectivity index (χ2n) is 9.23. The van der Waals surface area contributed by atoms with Crippen molar-refractivity contribution >= 4 is 28.7 Å². The number of fused-ring (bicyclic) bond motifs is 1. The van der Waals surface area contributed by atoms with Gasteiger partial charge in [-0.1, -0.05) is 11.2 Å². The van der Waals surface area contributed by atoms with E-state index in [1.54, 1.807) is 0 Å². The van der Waals surface area contributed by atoms with Crippen LogP contribution in [0.5, 0.6) is 0 Å². The lowest BCUT2D eigenvalue weighted by atomic mass is 9.99. The summed E-state index contributed by atoms with van der Waals surface area (Å²) in [5.74, 6) is 0.977. The largest absolute Gasteiger partial charge is 0.381 e.